The van der Waals surface area contributed by atoms with E-state index in [0.29, 0.717) is 38.0 Å². The second-order valence-electron chi connectivity index (χ2n) is 8.33. The fourth-order valence-electron chi connectivity index (χ4n) is 3.88. The maximum atomic E-state index is 12.5. The first-order chi connectivity index (χ1) is 14.4. The SMILES string of the molecule is CCNC(=NCC1CC1c1ccccc1)N1CCN(S(=O)(=O)CCOC(C)C)CC1.I. The number of halogens is 1. The lowest BCUT2D eigenvalue weighted by molar-refractivity contribution is 0.0904. The Labute approximate surface area is 204 Å². The highest BCUT2D eigenvalue weighted by Crippen LogP contribution is 2.47. The van der Waals surface area contributed by atoms with Gasteiger partial charge in [-0.25, -0.2) is 8.42 Å². The highest BCUT2D eigenvalue weighted by molar-refractivity contribution is 14.0. The van der Waals surface area contributed by atoms with Crippen LogP contribution in [0.2, 0.25) is 0 Å². The molecule has 1 aliphatic carbocycles. The smallest absolute Gasteiger partial charge is 0.216 e. The third-order valence-corrected chi connectivity index (χ3v) is 7.52. The van der Waals surface area contributed by atoms with Crippen molar-refractivity contribution >= 4 is 40.0 Å². The monoisotopic (exact) mass is 564 g/mol. The van der Waals surface area contributed by atoms with Gasteiger partial charge in [0, 0.05) is 39.3 Å². The third-order valence-electron chi connectivity index (χ3n) is 5.68. The fraction of sp³-hybridized carbons (Fsp3) is 0.682. The second kappa shape index (κ2) is 12.4. The van der Waals surface area contributed by atoms with Gasteiger partial charge in [-0.1, -0.05) is 30.3 Å². The van der Waals surface area contributed by atoms with Crippen LogP contribution in [0.1, 0.15) is 38.7 Å². The summed E-state index contributed by atoms with van der Waals surface area (Å²) in [4.78, 5) is 7.06. The van der Waals surface area contributed by atoms with Crippen molar-refractivity contribution in [2.24, 2.45) is 10.9 Å². The molecule has 2 aliphatic rings. The average molecular weight is 565 g/mol. The van der Waals surface area contributed by atoms with Crippen LogP contribution in [-0.2, 0) is 14.8 Å². The minimum atomic E-state index is -3.27. The van der Waals surface area contributed by atoms with Crippen LogP contribution in [0.4, 0.5) is 0 Å². The number of rotatable bonds is 9. The minimum Gasteiger partial charge on any atom is -0.378 e. The van der Waals surface area contributed by atoms with E-state index in [1.165, 1.54) is 12.0 Å². The van der Waals surface area contributed by atoms with Crippen LogP contribution < -0.4 is 5.32 Å². The summed E-state index contributed by atoms with van der Waals surface area (Å²) in [5.41, 5.74) is 1.41. The van der Waals surface area contributed by atoms with Gasteiger partial charge in [-0.05, 0) is 44.6 Å². The highest BCUT2D eigenvalue weighted by Gasteiger charge is 2.38. The highest BCUT2D eigenvalue weighted by atomic mass is 127. The summed E-state index contributed by atoms with van der Waals surface area (Å²) in [7, 11) is -3.27. The molecule has 1 aromatic rings. The lowest BCUT2D eigenvalue weighted by Crippen LogP contribution is -2.54. The molecule has 1 saturated heterocycles. The molecule has 0 spiro atoms. The maximum absolute atomic E-state index is 12.5. The molecule has 2 unspecified atom stereocenters. The quantitative estimate of drug-likeness (QED) is 0.284. The van der Waals surface area contributed by atoms with E-state index in [9.17, 15) is 8.42 Å². The summed E-state index contributed by atoms with van der Waals surface area (Å²) in [5.74, 6) is 2.16. The summed E-state index contributed by atoms with van der Waals surface area (Å²) < 4.78 is 32.1. The number of benzene rings is 1. The predicted octanol–water partition coefficient (Wildman–Crippen LogP) is 2.75. The number of nitrogens with zero attached hydrogens (tertiary/aromatic N) is 3. The van der Waals surface area contributed by atoms with E-state index >= 15 is 0 Å². The first kappa shape index (κ1) is 26.3. The summed E-state index contributed by atoms with van der Waals surface area (Å²) in [6.45, 7) is 10.0. The second-order valence-corrected chi connectivity index (χ2v) is 10.4. The zero-order valence-corrected chi connectivity index (χ0v) is 22.0. The molecule has 1 aliphatic heterocycles. The van der Waals surface area contributed by atoms with Crippen LogP contribution in [0, 0.1) is 5.92 Å². The predicted molar refractivity (Wildman–Crippen MR) is 137 cm³/mol. The Balaban J connectivity index is 0.00000341. The minimum absolute atomic E-state index is 0. The molecular weight excluding hydrogens is 527 g/mol. The number of ether oxygens (including phenoxy) is 1. The number of guanidine groups is 1. The Morgan fingerprint density at radius 3 is 2.48 bits per heavy atom. The standard InChI is InChI=1S/C22H36N4O3S.HI/c1-4-23-22(24-17-20-16-21(20)19-8-6-5-7-9-19)25-10-12-26(13-11-25)30(27,28)15-14-29-18(2)3;/h5-9,18,20-21H,4,10-17H2,1-3H3,(H,23,24);1H. The number of hydrogen-bond donors (Lipinski definition) is 1. The van der Waals surface area contributed by atoms with Gasteiger partial charge in [0.15, 0.2) is 5.96 Å². The van der Waals surface area contributed by atoms with Crippen LogP contribution in [0.3, 0.4) is 0 Å². The van der Waals surface area contributed by atoms with E-state index in [2.05, 4.69) is 47.5 Å². The molecule has 1 heterocycles. The molecule has 0 bridgehead atoms. The molecule has 3 rings (SSSR count). The van der Waals surface area contributed by atoms with E-state index in [1.54, 1.807) is 4.31 Å². The molecule has 0 aromatic heterocycles. The molecule has 1 aromatic carbocycles. The number of nitrogens with one attached hydrogen (secondary N) is 1. The zero-order chi connectivity index (χ0) is 21.6. The summed E-state index contributed by atoms with van der Waals surface area (Å²) in [5, 5.41) is 3.38. The lowest BCUT2D eigenvalue weighted by Gasteiger charge is -2.36. The van der Waals surface area contributed by atoms with Gasteiger partial charge in [0.05, 0.1) is 18.5 Å². The topological polar surface area (TPSA) is 74.2 Å². The Hall–Kier alpha value is -0.910. The molecule has 0 amide bonds. The summed E-state index contributed by atoms with van der Waals surface area (Å²) >= 11 is 0. The Morgan fingerprint density at radius 1 is 1.19 bits per heavy atom. The molecule has 176 valence electrons. The fourth-order valence-corrected chi connectivity index (χ4v) is 5.17. The number of aliphatic imine (C=N–C) groups is 1. The van der Waals surface area contributed by atoms with E-state index < -0.39 is 10.0 Å². The Bertz CT molecular complexity index is 796. The number of piperazine rings is 1. The van der Waals surface area contributed by atoms with Gasteiger partial charge in [0.1, 0.15) is 0 Å². The molecule has 1 N–H and O–H groups in total. The molecule has 1 saturated carbocycles. The summed E-state index contributed by atoms with van der Waals surface area (Å²) in [6.07, 6.45) is 1.24. The first-order valence-corrected chi connectivity index (χ1v) is 12.7. The lowest BCUT2D eigenvalue weighted by atomic mass is 10.1. The third kappa shape index (κ3) is 7.87. The van der Waals surface area contributed by atoms with Crippen molar-refractivity contribution in [3.05, 3.63) is 35.9 Å². The molecule has 0 radical (unpaired) electrons. The van der Waals surface area contributed by atoms with Gasteiger partial charge in [-0.2, -0.15) is 4.31 Å². The van der Waals surface area contributed by atoms with E-state index in [-0.39, 0.29) is 42.4 Å². The van der Waals surface area contributed by atoms with Gasteiger partial charge in [-0.15, -0.1) is 24.0 Å². The van der Waals surface area contributed by atoms with Gasteiger partial charge < -0.3 is 15.0 Å². The maximum Gasteiger partial charge on any atom is 0.216 e. The van der Waals surface area contributed by atoms with Crippen LogP contribution >= 0.6 is 24.0 Å². The zero-order valence-electron chi connectivity index (χ0n) is 18.9. The van der Waals surface area contributed by atoms with Crippen molar-refractivity contribution in [3.8, 4) is 0 Å². The molecule has 31 heavy (non-hydrogen) atoms. The van der Waals surface area contributed by atoms with Crippen molar-refractivity contribution in [1.82, 2.24) is 14.5 Å². The van der Waals surface area contributed by atoms with Crippen molar-refractivity contribution in [2.45, 2.75) is 39.2 Å². The molecule has 2 fully saturated rings. The van der Waals surface area contributed by atoms with Crippen molar-refractivity contribution in [2.75, 3.05) is 51.6 Å². The molecule has 9 heteroatoms. The van der Waals surface area contributed by atoms with Crippen molar-refractivity contribution in [3.63, 3.8) is 0 Å². The average Bonchev–Trinajstić information content (AvgIpc) is 3.51. The first-order valence-electron chi connectivity index (χ1n) is 11.1. The number of sulfonamides is 1. The normalized spacial score (nSPS) is 22.3. The number of hydrogen-bond acceptors (Lipinski definition) is 4. The van der Waals surface area contributed by atoms with Crippen LogP contribution in [0.15, 0.2) is 35.3 Å². The van der Waals surface area contributed by atoms with Gasteiger partial charge in [0.2, 0.25) is 10.0 Å². The van der Waals surface area contributed by atoms with Crippen molar-refractivity contribution in [1.29, 1.82) is 0 Å². The molecular formula is C22H37IN4O3S. The van der Waals surface area contributed by atoms with Gasteiger partial charge >= 0.3 is 0 Å². The van der Waals surface area contributed by atoms with Crippen LogP contribution in [-0.4, -0.2) is 81.3 Å². The van der Waals surface area contributed by atoms with Gasteiger partial charge in [0.25, 0.3) is 0 Å². The molecule has 2 atom stereocenters. The summed E-state index contributed by atoms with van der Waals surface area (Å²) in [6, 6.07) is 10.7. The Kier molecular flexibility index (Phi) is 10.5. The van der Waals surface area contributed by atoms with E-state index in [1.807, 2.05) is 13.8 Å². The van der Waals surface area contributed by atoms with Crippen LogP contribution in [0.5, 0.6) is 0 Å². The van der Waals surface area contributed by atoms with Crippen molar-refractivity contribution < 1.29 is 13.2 Å². The van der Waals surface area contributed by atoms with E-state index in [4.69, 9.17) is 9.73 Å². The van der Waals surface area contributed by atoms with E-state index in [0.717, 1.165) is 19.0 Å². The molecule has 7 nitrogen and oxygen atoms in total. The largest absolute Gasteiger partial charge is 0.378 e. The van der Waals surface area contributed by atoms with Gasteiger partial charge in [-0.3, -0.25) is 4.99 Å². The Morgan fingerprint density at radius 2 is 1.87 bits per heavy atom. The van der Waals surface area contributed by atoms with Crippen LogP contribution in [0.25, 0.3) is 0 Å².